The molecule has 0 saturated heterocycles. The lowest BCUT2D eigenvalue weighted by Gasteiger charge is -2.24. The summed E-state index contributed by atoms with van der Waals surface area (Å²) in [5, 5.41) is 8.10. The molecule has 1 rings (SSSR count). The minimum absolute atomic E-state index is 0.00376. The number of carbonyl (C=O) groups excluding carboxylic acids is 2. The first-order valence-corrected chi connectivity index (χ1v) is 9.30. The van der Waals surface area contributed by atoms with Crippen molar-refractivity contribution in [2.45, 2.75) is 40.0 Å². The van der Waals surface area contributed by atoms with E-state index in [0.717, 1.165) is 12.1 Å². The molecule has 0 unspecified atom stereocenters. The predicted molar refractivity (Wildman–Crippen MR) is 110 cm³/mol. The summed E-state index contributed by atoms with van der Waals surface area (Å²) >= 11 is 5.81. The number of amides is 2. The molecule has 166 valence electrons. The molecular formula is C20H25ClF3N3O3. The zero-order chi connectivity index (χ0) is 23.1. The highest BCUT2D eigenvalue weighted by molar-refractivity contribution is 6.31. The fraction of sp³-hybridized carbons (Fsp3) is 0.400. The van der Waals surface area contributed by atoms with Gasteiger partial charge in [-0.3, -0.25) is 9.59 Å². The fourth-order valence-corrected chi connectivity index (χ4v) is 2.74. The van der Waals surface area contributed by atoms with Crippen LogP contribution in [0.15, 0.2) is 42.2 Å². The van der Waals surface area contributed by atoms with Crippen LogP contribution in [0.3, 0.4) is 0 Å². The number of rotatable bonds is 9. The van der Waals surface area contributed by atoms with Gasteiger partial charge in [0.15, 0.2) is 5.75 Å². The van der Waals surface area contributed by atoms with Crippen molar-refractivity contribution in [1.82, 2.24) is 10.6 Å². The number of benzene rings is 1. The van der Waals surface area contributed by atoms with Gasteiger partial charge in [-0.05, 0) is 36.6 Å². The van der Waals surface area contributed by atoms with Gasteiger partial charge in [-0.25, -0.2) is 0 Å². The molecule has 3 N–H and O–H groups in total. The summed E-state index contributed by atoms with van der Waals surface area (Å²) in [4.78, 5) is 24.7. The second-order valence-electron chi connectivity index (χ2n) is 7.30. The first-order valence-electron chi connectivity index (χ1n) is 8.92. The van der Waals surface area contributed by atoms with Crippen LogP contribution in [0.25, 0.3) is 0 Å². The summed E-state index contributed by atoms with van der Waals surface area (Å²) in [5.41, 5.74) is 0.228. The van der Waals surface area contributed by atoms with Crippen LogP contribution in [0.5, 0.6) is 5.75 Å². The fourth-order valence-electron chi connectivity index (χ4n) is 2.57. The summed E-state index contributed by atoms with van der Waals surface area (Å²) in [6.07, 6.45) is -3.57. The van der Waals surface area contributed by atoms with E-state index in [-0.39, 0.29) is 29.5 Å². The molecule has 0 radical (unpaired) electrons. The molecule has 0 spiro atoms. The van der Waals surface area contributed by atoms with Crippen LogP contribution in [-0.4, -0.2) is 25.2 Å². The SMILES string of the molecule is C=C/C(NC(=O)CC(C)(C)CC(=O)Nc1cc(Cl)ccc1OC(F)(F)F)=C(/C)NC. The van der Waals surface area contributed by atoms with Crippen molar-refractivity contribution in [1.29, 1.82) is 0 Å². The van der Waals surface area contributed by atoms with E-state index in [1.54, 1.807) is 27.8 Å². The van der Waals surface area contributed by atoms with Crippen LogP contribution in [0.1, 0.15) is 33.6 Å². The molecule has 1 aromatic rings. The standard InChI is InChI=1S/C20H25ClF3N3O3/c1-6-14(12(2)25-5)26-17(28)10-19(3,4)11-18(29)27-15-9-13(21)7-8-16(15)30-20(22,23)24/h6-9,25H,1,10-11H2,2-5H3,(H,26,28)(H,27,29)/b14-12+. The Labute approximate surface area is 178 Å². The third-order valence-electron chi connectivity index (χ3n) is 3.98. The molecule has 0 atom stereocenters. The van der Waals surface area contributed by atoms with Crippen molar-refractivity contribution in [3.05, 3.63) is 47.3 Å². The minimum Gasteiger partial charge on any atom is -0.404 e. The van der Waals surface area contributed by atoms with E-state index in [9.17, 15) is 22.8 Å². The van der Waals surface area contributed by atoms with Gasteiger partial charge in [0.2, 0.25) is 11.8 Å². The normalized spacial score (nSPS) is 12.5. The highest BCUT2D eigenvalue weighted by atomic mass is 35.5. The Kier molecular flexibility index (Phi) is 8.77. The summed E-state index contributed by atoms with van der Waals surface area (Å²) in [7, 11) is 1.70. The van der Waals surface area contributed by atoms with Crippen LogP contribution in [-0.2, 0) is 9.59 Å². The number of carbonyl (C=O) groups is 2. The first-order chi connectivity index (χ1) is 13.8. The summed E-state index contributed by atoms with van der Waals surface area (Å²) < 4.78 is 41.6. The van der Waals surface area contributed by atoms with E-state index in [4.69, 9.17) is 11.6 Å². The zero-order valence-electron chi connectivity index (χ0n) is 17.2. The Balaban J connectivity index is 2.84. The van der Waals surface area contributed by atoms with E-state index in [2.05, 4.69) is 27.3 Å². The maximum atomic E-state index is 12.6. The van der Waals surface area contributed by atoms with Crippen LogP contribution < -0.4 is 20.7 Å². The van der Waals surface area contributed by atoms with E-state index in [1.807, 2.05) is 0 Å². The molecule has 0 aliphatic carbocycles. The highest BCUT2D eigenvalue weighted by Crippen LogP contribution is 2.33. The van der Waals surface area contributed by atoms with Gasteiger partial charge in [0.25, 0.3) is 0 Å². The summed E-state index contributed by atoms with van der Waals surface area (Å²) in [5.74, 6) is -1.51. The Bertz CT molecular complexity index is 836. The number of alkyl halides is 3. The third-order valence-corrected chi connectivity index (χ3v) is 4.21. The third kappa shape index (κ3) is 8.77. The second-order valence-corrected chi connectivity index (χ2v) is 7.73. The van der Waals surface area contributed by atoms with Gasteiger partial charge >= 0.3 is 6.36 Å². The number of halogens is 4. The number of ether oxygens (including phenoxy) is 1. The van der Waals surface area contributed by atoms with E-state index in [0.29, 0.717) is 11.4 Å². The Morgan fingerprint density at radius 3 is 2.33 bits per heavy atom. The number of hydrogen-bond acceptors (Lipinski definition) is 4. The van der Waals surface area contributed by atoms with E-state index in [1.165, 1.54) is 12.1 Å². The van der Waals surface area contributed by atoms with Crippen molar-refractivity contribution in [3.8, 4) is 5.75 Å². The molecule has 0 fully saturated rings. The molecule has 0 aliphatic rings. The maximum Gasteiger partial charge on any atom is 0.573 e. The molecule has 30 heavy (non-hydrogen) atoms. The van der Waals surface area contributed by atoms with Gasteiger partial charge in [-0.15, -0.1) is 13.2 Å². The lowest BCUT2D eigenvalue weighted by atomic mass is 9.85. The predicted octanol–water partition coefficient (Wildman–Crippen LogP) is 4.74. The topological polar surface area (TPSA) is 79.5 Å². The second kappa shape index (κ2) is 10.4. The quantitative estimate of drug-likeness (QED) is 0.478. The molecule has 10 heteroatoms. The van der Waals surface area contributed by atoms with Gasteiger partial charge in [0, 0.05) is 30.6 Å². The smallest absolute Gasteiger partial charge is 0.404 e. The molecule has 0 bridgehead atoms. The van der Waals surface area contributed by atoms with E-state index >= 15 is 0 Å². The number of anilines is 1. The largest absolute Gasteiger partial charge is 0.573 e. The van der Waals surface area contributed by atoms with Gasteiger partial charge in [0.1, 0.15) is 0 Å². The first kappa shape index (κ1) is 25.4. The van der Waals surface area contributed by atoms with Crippen molar-refractivity contribution < 1.29 is 27.5 Å². The van der Waals surface area contributed by atoms with Gasteiger partial charge < -0.3 is 20.7 Å². The molecular weight excluding hydrogens is 423 g/mol. The van der Waals surface area contributed by atoms with Crippen LogP contribution in [0.2, 0.25) is 5.02 Å². The average molecular weight is 448 g/mol. The average Bonchev–Trinajstić information content (AvgIpc) is 2.59. The minimum atomic E-state index is -4.92. The van der Waals surface area contributed by atoms with Gasteiger partial charge in [0.05, 0.1) is 11.4 Å². The monoisotopic (exact) mass is 447 g/mol. The Morgan fingerprint density at radius 2 is 1.80 bits per heavy atom. The van der Waals surface area contributed by atoms with Crippen LogP contribution in [0.4, 0.5) is 18.9 Å². The molecule has 1 aromatic carbocycles. The molecule has 0 saturated carbocycles. The lowest BCUT2D eigenvalue weighted by Crippen LogP contribution is -2.32. The van der Waals surface area contributed by atoms with E-state index < -0.39 is 23.4 Å². The molecule has 2 amide bonds. The Morgan fingerprint density at radius 1 is 1.20 bits per heavy atom. The van der Waals surface area contributed by atoms with Crippen LogP contribution >= 0.6 is 11.6 Å². The van der Waals surface area contributed by atoms with Crippen LogP contribution in [0, 0.1) is 5.41 Å². The molecule has 0 aliphatic heterocycles. The van der Waals surface area contributed by atoms with Gasteiger partial charge in [-0.2, -0.15) is 0 Å². The van der Waals surface area contributed by atoms with Crippen molar-refractivity contribution in [3.63, 3.8) is 0 Å². The zero-order valence-corrected chi connectivity index (χ0v) is 17.9. The van der Waals surface area contributed by atoms with Gasteiger partial charge in [-0.1, -0.05) is 32.0 Å². The molecule has 6 nitrogen and oxygen atoms in total. The van der Waals surface area contributed by atoms with Crippen molar-refractivity contribution >= 4 is 29.1 Å². The summed E-state index contributed by atoms with van der Waals surface area (Å²) in [6, 6.07) is 3.38. The Hall–Kier alpha value is -2.68. The number of hydrogen-bond donors (Lipinski definition) is 3. The maximum absolute atomic E-state index is 12.6. The summed E-state index contributed by atoms with van der Waals surface area (Å²) in [6.45, 7) is 8.79. The molecule has 0 aromatic heterocycles. The van der Waals surface area contributed by atoms with Crippen molar-refractivity contribution in [2.24, 2.45) is 5.41 Å². The lowest BCUT2D eigenvalue weighted by molar-refractivity contribution is -0.274. The highest BCUT2D eigenvalue weighted by Gasteiger charge is 2.33. The number of allylic oxidation sites excluding steroid dienone is 2. The molecule has 0 heterocycles. The van der Waals surface area contributed by atoms with Crippen molar-refractivity contribution in [2.75, 3.05) is 12.4 Å². The number of nitrogens with one attached hydrogen (secondary N) is 3.